The number of amides is 2. The first-order valence-corrected chi connectivity index (χ1v) is 8.15. The lowest BCUT2D eigenvalue weighted by molar-refractivity contribution is -0.137. The van der Waals surface area contributed by atoms with Gasteiger partial charge >= 0.3 is 6.18 Å². The molecular weight excluding hydrogens is 361 g/mol. The molecule has 0 unspecified atom stereocenters. The van der Waals surface area contributed by atoms with Gasteiger partial charge in [-0.1, -0.05) is 12.1 Å². The Kier molecular flexibility index (Phi) is 5.02. The Balaban J connectivity index is 1.47. The normalized spacial score (nSPS) is 13.9. The zero-order valence-electron chi connectivity index (χ0n) is 14.5. The number of aromatic nitrogens is 2. The van der Waals surface area contributed by atoms with E-state index in [0.717, 1.165) is 23.4 Å². The van der Waals surface area contributed by atoms with Gasteiger partial charge in [-0.2, -0.15) is 18.3 Å². The molecule has 142 valence electrons. The quantitative estimate of drug-likeness (QED) is 0.829. The highest BCUT2D eigenvalue weighted by molar-refractivity contribution is 5.94. The molecule has 1 aromatic heterocycles. The van der Waals surface area contributed by atoms with E-state index in [1.165, 1.54) is 24.3 Å². The maximum Gasteiger partial charge on any atom is 0.416 e. The van der Waals surface area contributed by atoms with Gasteiger partial charge in [0.2, 0.25) is 11.8 Å². The molecule has 1 N–H and O–H groups in total. The number of hydrogen-bond acceptors (Lipinski definition) is 3. The molecule has 2 aromatic rings. The van der Waals surface area contributed by atoms with Gasteiger partial charge in [-0.25, -0.2) is 0 Å². The van der Waals surface area contributed by atoms with E-state index in [0.29, 0.717) is 18.7 Å². The van der Waals surface area contributed by atoms with Crippen molar-refractivity contribution in [3.63, 3.8) is 0 Å². The highest BCUT2D eigenvalue weighted by Gasteiger charge is 2.29. The zero-order valence-corrected chi connectivity index (χ0v) is 14.5. The molecule has 1 aliphatic heterocycles. The van der Waals surface area contributed by atoms with Crippen LogP contribution >= 0.6 is 0 Å². The van der Waals surface area contributed by atoms with Crippen LogP contribution in [0.5, 0.6) is 0 Å². The van der Waals surface area contributed by atoms with Crippen LogP contribution in [0.2, 0.25) is 0 Å². The van der Waals surface area contributed by atoms with E-state index in [9.17, 15) is 22.8 Å². The summed E-state index contributed by atoms with van der Waals surface area (Å²) in [4.78, 5) is 25.6. The number of rotatable bonds is 4. The Morgan fingerprint density at radius 3 is 2.56 bits per heavy atom. The molecule has 1 aromatic carbocycles. The van der Waals surface area contributed by atoms with Gasteiger partial charge in [0.15, 0.2) is 0 Å². The number of carbonyl (C=O) groups excluding carboxylic acids is 2. The highest BCUT2D eigenvalue weighted by Crippen LogP contribution is 2.29. The van der Waals surface area contributed by atoms with Crippen LogP contribution in [0.3, 0.4) is 0 Å². The van der Waals surface area contributed by atoms with Gasteiger partial charge in [-0.3, -0.25) is 14.3 Å². The molecule has 0 aliphatic carbocycles. The second kappa shape index (κ2) is 7.26. The third-order valence-electron chi connectivity index (χ3n) is 4.13. The van der Waals surface area contributed by atoms with Gasteiger partial charge in [0.25, 0.3) is 0 Å². The molecule has 27 heavy (non-hydrogen) atoms. The van der Waals surface area contributed by atoms with Crippen LogP contribution in [0.4, 0.5) is 13.2 Å². The van der Waals surface area contributed by atoms with Crippen LogP contribution in [-0.4, -0.2) is 33.0 Å². The summed E-state index contributed by atoms with van der Waals surface area (Å²) in [5.41, 5.74) is 1.53. The average Bonchev–Trinajstić information content (AvgIpc) is 3.14. The molecule has 2 heterocycles. The van der Waals surface area contributed by atoms with Crippen LogP contribution < -0.4 is 5.32 Å². The van der Waals surface area contributed by atoms with Gasteiger partial charge < -0.3 is 10.2 Å². The molecule has 1 aliphatic rings. The number of carbonyl (C=O) groups is 2. The second-order valence-electron chi connectivity index (χ2n) is 6.20. The first-order valence-electron chi connectivity index (χ1n) is 8.15. The Hall–Kier alpha value is -3.10. The number of fused-ring (bicyclic) bond motifs is 1. The fraction of sp³-hybridized carbons (Fsp3) is 0.278. The standard InChI is InChI=1S/C18H17F3N4O2/c1-24-9-13-10-25(11-15(13)23-24)17(27)8-22-16(26)7-4-12-2-5-14(6-3-12)18(19,20)21/h2-7,9H,8,10-11H2,1H3,(H,22,26)/b7-4+. The summed E-state index contributed by atoms with van der Waals surface area (Å²) >= 11 is 0. The number of halogens is 3. The lowest BCUT2D eigenvalue weighted by Gasteiger charge is -2.15. The number of benzene rings is 1. The molecule has 0 fully saturated rings. The van der Waals surface area contributed by atoms with Crippen molar-refractivity contribution in [2.75, 3.05) is 6.54 Å². The van der Waals surface area contributed by atoms with Gasteiger partial charge in [-0.05, 0) is 23.8 Å². The maximum atomic E-state index is 12.5. The Morgan fingerprint density at radius 1 is 1.22 bits per heavy atom. The lowest BCUT2D eigenvalue weighted by Crippen LogP contribution is -2.37. The summed E-state index contributed by atoms with van der Waals surface area (Å²) in [7, 11) is 1.81. The molecule has 0 saturated carbocycles. The summed E-state index contributed by atoms with van der Waals surface area (Å²) in [6.07, 6.45) is 0.0187. The molecule has 0 radical (unpaired) electrons. The van der Waals surface area contributed by atoms with Crippen molar-refractivity contribution < 1.29 is 22.8 Å². The highest BCUT2D eigenvalue weighted by atomic mass is 19.4. The number of aryl methyl sites for hydroxylation is 1. The predicted octanol–water partition coefficient (Wildman–Crippen LogP) is 2.11. The van der Waals surface area contributed by atoms with Crippen LogP contribution in [0.25, 0.3) is 6.08 Å². The third-order valence-corrected chi connectivity index (χ3v) is 4.13. The van der Waals surface area contributed by atoms with Crippen LogP contribution in [0.15, 0.2) is 36.5 Å². The first-order chi connectivity index (χ1) is 12.7. The van der Waals surface area contributed by atoms with Crippen molar-refractivity contribution in [2.24, 2.45) is 7.05 Å². The van der Waals surface area contributed by atoms with Crippen molar-refractivity contribution in [3.8, 4) is 0 Å². The summed E-state index contributed by atoms with van der Waals surface area (Å²) < 4.78 is 39.2. The fourth-order valence-electron chi connectivity index (χ4n) is 2.76. The van der Waals surface area contributed by atoms with Gasteiger partial charge in [0.1, 0.15) is 0 Å². The smallest absolute Gasteiger partial charge is 0.343 e. The maximum absolute atomic E-state index is 12.5. The number of nitrogens with one attached hydrogen (secondary N) is 1. The van der Waals surface area contributed by atoms with Crippen molar-refractivity contribution in [2.45, 2.75) is 19.3 Å². The predicted molar refractivity (Wildman–Crippen MR) is 90.9 cm³/mol. The fourth-order valence-corrected chi connectivity index (χ4v) is 2.76. The minimum Gasteiger partial charge on any atom is -0.343 e. The monoisotopic (exact) mass is 378 g/mol. The van der Waals surface area contributed by atoms with Crippen molar-refractivity contribution in [1.29, 1.82) is 0 Å². The zero-order chi connectivity index (χ0) is 19.6. The summed E-state index contributed by atoms with van der Waals surface area (Å²) in [5.74, 6) is -0.731. The van der Waals surface area contributed by atoms with Gasteiger partial charge in [0.05, 0.1) is 24.3 Å². The molecule has 0 spiro atoms. The Morgan fingerprint density at radius 2 is 1.93 bits per heavy atom. The van der Waals surface area contributed by atoms with E-state index in [-0.39, 0.29) is 12.5 Å². The van der Waals surface area contributed by atoms with Crippen LogP contribution in [0, 0.1) is 0 Å². The molecule has 3 rings (SSSR count). The van der Waals surface area contributed by atoms with E-state index >= 15 is 0 Å². The van der Waals surface area contributed by atoms with Crippen molar-refractivity contribution in [1.82, 2.24) is 20.0 Å². The number of alkyl halides is 3. The Bertz CT molecular complexity index is 862. The average molecular weight is 378 g/mol. The second-order valence-corrected chi connectivity index (χ2v) is 6.20. The molecule has 0 saturated heterocycles. The minimum atomic E-state index is -4.40. The summed E-state index contributed by atoms with van der Waals surface area (Å²) in [6, 6.07) is 4.43. The third kappa shape index (κ3) is 4.55. The summed E-state index contributed by atoms with van der Waals surface area (Å²) in [6.45, 7) is 0.706. The summed E-state index contributed by atoms with van der Waals surface area (Å²) in [5, 5.41) is 6.73. The molecule has 6 nitrogen and oxygen atoms in total. The number of nitrogens with zero attached hydrogens (tertiary/aromatic N) is 3. The topological polar surface area (TPSA) is 67.2 Å². The van der Waals surface area contributed by atoms with E-state index in [2.05, 4.69) is 10.4 Å². The number of hydrogen-bond donors (Lipinski definition) is 1. The SMILES string of the molecule is Cn1cc2c(n1)CN(C(=O)CNC(=O)/C=C/c1ccc(C(F)(F)F)cc1)C2. The molecule has 2 amide bonds. The van der Waals surface area contributed by atoms with Crippen molar-refractivity contribution in [3.05, 3.63) is 58.9 Å². The van der Waals surface area contributed by atoms with Gasteiger partial charge in [0, 0.05) is 31.4 Å². The molecule has 0 bridgehead atoms. The van der Waals surface area contributed by atoms with E-state index in [4.69, 9.17) is 0 Å². The lowest BCUT2D eigenvalue weighted by atomic mass is 10.1. The van der Waals surface area contributed by atoms with Crippen LogP contribution in [0.1, 0.15) is 22.4 Å². The van der Waals surface area contributed by atoms with Gasteiger partial charge in [-0.15, -0.1) is 0 Å². The largest absolute Gasteiger partial charge is 0.416 e. The Labute approximate surface area is 153 Å². The molecule has 0 atom stereocenters. The first kappa shape index (κ1) is 18.7. The minimum absolute atomic E-state index is 0.160. The van der Waals surface area contributed by atoms with Crippen molar-refractivity contribution >= 4 is 17.9 Å². The van der Waals surface area contributed by atoms with E-state index in [1.807, 2.05) is 13.2 Å². The molecule has 9 heteroatoms. The van der Waals surface area contributed by atoms with Crippen LogP contribution in [-0.2, 0) is 35.9 Å². The molecular formula is C18H17F3N4O2. The van der Waals surface area contributed by atoms with E-state index in [1.54, 1.807) is 9.58 Å². The van der Waals surface area contributed by atoms with E-state index < -0.39 is 17.6 Å².